The van der Waals surface area contributed by atoms with E-state index in [1.807, 2.05) is 36.4 Å². The van der Waals surface area contributed by atoms with Gasteiger partial charge >= 0.3 is 0 Å². The zero-order valence-electron chi connectivity index (χ0n) is 17.3. The summed E-state index contributed by atoms with van der Waals surface area (Å²) in [6.07, 6.45) is 1.79. The van der Waals surface area contributed by atoms with Crippen molar-refractivity contribution in [1.29, 1.82) is 0 Å². The smallest absolute Gasteiger partial charge is 0.194 e. The van der Waals surface area contributed by atoms with Crippen molar-refractivity contribution >= 4 is 17.1 Å². The van der Waals surface area contributed by atoms with Crippen LogP contribution < -0.4 is 4.74 Å². The highest BCUT2D eigenvalue weighted by atomic mass is 32.1. The standard InChI is InChI=1S/C25H28O2S/c1-6-16(2)21-15-20(12-13-22(21)27-5)25(26)24-17(3)18(4)28-23(24)14-19-10-8-7-9-11-19/h7-13,15-16H,6,14H2,1-5H3. The number of rotatable bonds is 7. The molecule has 0 amide bonds. The first-order valence-corrected chi connectivity index (χ1v) is 10.6. The Morgan fingerprint density at radius 2 is 1.82 bits per heavy atom. The van der Waals surface area contributed by atoms with Gasteiger partial charge in [-0.2, -0.15) is 0 Å². The van der Waals surface area contributed by atoms with Gasteiger partial charge in [-0.3, -0.25) is 4.79 Å². The molecule has 3 heteroatoms. The maximum atomic E-state index is 13.5. The summed E-state index contributed by atoms with van der Waals surface area (Å²) in [7, 11) is 1.69. The summed E-state index contributed by atoms with van der Waals surface area (Å²) >= 11 is 1.74. The van der Waals surface area contributed by atoms with Crippen LogP contribution in [0.1, 0.15) is 68.6 Å². The molecule has 1 unspecified atom stereocenters. The maximum Gasteiger partial charge on any atom is 0.194 e. The Balaban J connectivity index is 2.03. The predicted octanol–water partition coefficient (Wildman–Crippen LogP) is 6.71. The molecule has 28 heavy (non-hydrogen) atoms. The van der Waals surface area contributed by atoms with Crippen LogP contribution in [0.25, 0.3) is 0 Å². The molecule has 0 saturated heterocycles. The summed E-state index contributed by atoms with van der Waals surface area (Å²) in [5.74, 6) is 1.31. The van der Waals surface area contributed by atoms with E-state index in [4.69, 9.17) is 4.74 Å². The van der Waals surface area contributed by atoms with Crippen LogP contribution in [0, 0.1) is 13.8 Å². The molecule has 1 atom stereocenters. The van der Waals surface area contributed by atoms with Crippen LogP contribution in [-0.2, 0) is 6.42 Å². The lowest BCUT2D eigenvalue weighted by Crippen LogP contribution is -2.07. The predicted molar refractivity (Wildman–Crippen MR) is 118 cm³/mol. The molecule has 1 heterocycles. The third-order valence-corrected chi connectivity index (χ3v) is 6.74. The highest BCUT2D eigenvalue weighted by Gasteiger charge is 2.22. The fourth-order valence-corrected chi connectivity index (χ4v) is 4.74. The summed E-state index contributed by atoms with van der Waals surface area (Å²) in [6.45, 7) is 8.49. The second-order valence-electron chi connectivity index (χ2n) is 7.34. The first-order chi connectivity index (χ1) is 13.5. The Morgan fingerprint density at radius 1 is 1.11 bits per heavy atom. The number of aryl methyl sites for hydroxylation is 1. The molecule has 2 nitrogen and oxygen atoms in total. The molecule has 0 aliphatic carbocycles. The van der Waals surface area contributed by atoms with Crippen molar-refractivity contribution in [2.75, 3.05) is 7.11 Å². The van der Waals surface area contributed by atoms with Crippen molar-refractivity contribution in [3.8, 4) is 5.75 Å². The van der Waals surface area contributed by atoms with Crippen molar-refractivity contribution < 1.29 is 9.53 Å². The molecular weight excluding hydrogens is 364 g/mol. The van der Waals surface area contributed by atoms with E-state index < -0.39 is 0 Å². The summed E-state index contributed by atoms with van der Waals surface area (Å²) in [5.41, 5.74) is 5.04. The number of methoxy groups -OCH3 is 1. The molecule has 0 bridgehead atoms. The van der Waals surface area contributed by atoms with Gasteiger partial charge in [-0.1, -0.05) is 44.2 Å². The van der Waals surface area contributed by atoms with E-state index in [2.05, 4.69) is 39.8 Å². The number of hydrogen-bond acceptors (Lipinski definition) is 3. The molecule has 0 saturated carbocycles. The van der Waals surface area contributed by atoms with Gasteiger partial charge in [-0.25, -0.2) is 0 Å². The first kappa shape index (κ1) is 20.3. The van der Waals surface area contributed by atoms with Crippen molar-refractivity contribution in [2.24, 2.45) is 0 Å². The average molecular weight is 393 g/mol. The van der Waals surface area contributed by atoms with E-state index in [-0.39, 0.29) is 5.78 Å². The van der Waals surface area contributed by atoms with Crippen molar-refractivity contribution in [1.82, 2.24) is 0 Å². The van der Waals surface area contributed by atoms with E-state index in [1.54, 1.807) is 18.4 Å². The summed E-state index contributed by atoms with van der Waals surface area (Å²) in [6, 6.07) is 16.2. The minimum Gasteiger partial charge on any atom is -0.496 e. The molecule has 1 aromatic heterocycles. The Bertz CT molecular complexity index is 970. The second-order valence-corrected chi connectivity index (χ2v) is 8.65. The molecule has 0 aliphatic rings. The number of carbonyl (C=O) groups is 1. The van der Waals surface area contributed by atoms with Crippen LogP contribution in [0.15, 0.2) is 48.5 Å². The summed E-state index contributed by atoms with van der Waals surface area (Å²) in [5, 5.41) is 0. The minimum absolute atomic E-state index is 0.111. The SMILES string of the molecule is CCC(C)c1cc(C(=O)c2c(Cc3ccccc3)sc(C)c2C)ccc1OC. The fraction of sp³-hybridized carbons (Fsp3) is 0.320. The third kappa shape index (κ3) is 4.05. The van der Waals surface area contributed by atoms with Gasteiger partial charge in [0.15, 0.2) is 5.78 Å². The fourth-order valence-electron chi connectivity index (χ4n) is 3.53. The highest BCUT2D eigenvalue weighted by molar-refractivity contribution is 7.12. The zero-order valence-corrected chi connectivity index (χ0v) is 18.2. The molecule has 0 fully saturated rings. The number of carbonyl (C=O) groups excluding carboxylic acids is 1. The van der Waals surface area contributed by atoms with Gasteiger partial charge in [0.25, 0.3) is 0 Å². The van der Waals surface area contributed by atoms with Gasteiger partial charge < -0.3 is 4.74 Å². The molecule has 3 aromatic rings. The Kier molecular flexibility index (Phi) is 6.35. The Labute approximate surface area is 172 Å². The molecule has 146 valence electrons. The third-order valence-electron chi connectivity index (χ3n) is 5.53. The number of ether oxygens (including phenoxy) is 1. The van der Waals surface area contributed by atoms with Gasteiger partial charge in [0, 0.05) is 27.3 Å². The van der Waals surface area contributed by atoms with Crippen molar-refractivity contribution in [3.05, 3.63) is 86.1 Å². The monoisotopic (exact) mass is 392 g/mol. The number of benzene rings is 2. The molecule has 0 aliphatic heterocycles. The van der Waals surface area contributed by atoms with Crippen LogP contribution >= 0.6 is 11.3 Å². The van der Waals surface area contributed by atoms with Gasteiger partial charge in [0.1, 0.15) is 5.75 Å². The number of ketones is 1. The van der Waals surface area contributed by atoms with Crippen molar-refractivity contribution in [3.63, 3.8) is 0 Å². The van der Waals surface area contributed by atoms with Gasteiger partial charge in [0.05, 0.1) is 7.11 Å². The molecule has 0 radical (unpaired) electrons. The lowest BCUT2D eigenvalue weighted by atomic mass is 9.92. The van der Waals surface area contributed by atoms with E-state index in [9.17, 15) is 4.79 Å². The van der Waals surface area contributed by atoms with Crippen LogP contribution in [0.3, 0.4) is 0 Å². The van der Waals surface area contributed by atoms with E-state index >= 15 is 0 Å². The molecule has 0 spiro atoms. The quantitative estimate of drug-likeness (QED) is 0.418. The van der Waals surface area contributed by atoms with Gasteiger partial charge in [0.2, 0.25) is 0 Å². The highest BCUT2D eigenvalue weighted by Crippen LogP contribution is 2.34. The average Bonchev–Trinajstić information content (AvgIpc) is 3.00. The second kappa shape index (κ2) is 8.74. The van der Waals surface area contributed by atoms with Gasteiger partial charge in [-0.15, -0.1) is 11.3 Å². The molecular formula is C25H28O2S. The van der Waals surface area contributed by atoms with Crippen LogP contribution in [0.2, 0.25) is 0 Å². The summed E-state index contributed by atoms with van der Waals surface area (Å²) < 4.78 is 5.53. The lowest BCUT2D eigenvalue weighted by Gasteiger charge is -2.15. The zero-order chi connectivity index (χ0) is 20.3. The molecule has 3 rings (SSSR count). The van der Waals surface area contributed by atoms with Crippen molar-refractivity contribution in [2.45, 2.75) is 46.5 Å². The van der Waals surface area contributed by atoms with Crippen LogP contribution in [0.5, 0.6) is 5.75 Å². The summed E-state index contributed by atoms with van der Waals surface area (Å²) in [4.78, 5) is 15.9. The maximum absolute atomic E-state index is 13.5. The van der Waals surface area contributed by atoms with E-state index in [1.165, 1.54) is 10.4 Å². The van der Waals surface area contributed by atoms with Gasteiger partial charge in [-0.05, 0) is 61.1 Å². The minimum atomic E-state index is 0.111. The Hall–Kier alpha value is -2.39. The van der Waals surface area contributed by atoms with E-state index in [0.717, 1.165) is 45.7 Å². The molecule has 0 N–H and O–H groups in total. The topological polar surface area (TPSA) is 26.3 Å². The largest absolute Gasteiger partial charge is 0.496 e. The number of hydrogen-bond donors (Lipinski definition) is 0. The lowest BCUT2D eigenvalue weighted by molar-refractivity contribution is 0.103. The molecule has 2 aromatic carbocycles. The normalized spacial score (nSPS) is 12.0. The number of thiophene rings is 1. The Morgan fingerprint density at radius 3 is 2.46 bits per heavy atom. The van der Waals surface area contributed by atoms with Crippen LogP contribution in [-0.4, -0.2) is 12.9 Å². The van der Waals surface area contributed by atoms with E-state index in [0.29, 0.717) is 5.92 Å². The van der Waals surface area contributed by atoms with Crippen LogP contribution in [0.4, 0.5) is 0 Å². The first-order valence-electron chi connectivity index (χ1n) is 9.81.